The molecule has 2 heterocycles. The van der Waals surface area contributed by atoms with E-state index in [1.165, 1.54) is 0 Å². The van der Waals surface area contributed by atoms with Crippen molar-refractivity contribution in [2.75, 3.05) is 25.0 Å². The third-order valence-corrected chi connectivity index (χ3v) is 4.25. The molecule has 2 amide bonds. The molecule has 1 aromatic carbocycles. The summed E-state index contributed by atoms with van der Waals surface area (Å²) >= 11 is 0. The van der Waals surface area contributed by atoms with Gasteiger partial charge in [0.15, 0.2) is 0 Å². The van der Waals surface area contributed by atoms with Crippen molar-refractivity contribution in [2.24, 2.45) is 0 Å². The second-order valence-corrected chi connectivity index (χ2v) is 6.14. The Hall–Kier alpha value is -2.18. The number of β-amino-alcohol motifs (C(OH)–C–C–N with tert-alkyl or cyclic N) is 1. The number of hydrogen-bond donors (Lipinski definition) is 4. The predicted octanol–water partition coefficient (Wildman–Crippen LogP) is 1.78. The second-order valence-electron chi connectivity index (χ2n) is 6.14. The number of hydrogen-bond acceptors (Lipinski definition) is 4. The van der Waals surface area contributed by atoms with Crippen LogP contribution in [0.2, 0.25) is 0 Å². The number of carbonyl (C=O) groups is 1. The standard InChI is InChI=1S/C17H22N4O2/c1-12-5-6-14(13-4-2-9-19-15(12)13)21-16(22)20-11-17(23)7-3-8-18-10-17/h2,4-6,9,18,23H,3,7-8,10-11H2,1H3,(H2,20,21,22). The summed E-state index contributed by atoms with van der Waals surface area (Å²) in [5.74, 6) is 0. The van der Waals surface area contributed by atoms with Crippen molar-refractivity contribution < 1.29 is 9.90 Å². The first-order valence-corrected chi connectivity index (χ1v) is 7.90. The predicted molar refractivity (Wildman–Crippen MR) is 90.6 cm³/mol. The summed E-state index contributed by atoms with van der Waals surface area (Å²) in [5, 5.41) is 20.0. The molecule has 2 aromatic rings. The average Bonchev–Trinajstić information content (AvgIpc) is 2.57. The highest BCUT2D eigenvalue weighted by Crippen LogP contribution is 2.24. The molecule has 1 atom stereocenters. The Morgan fingerprint density at radius 3 is 3.09 bits per heavy atom. The van der Waals surface area contributed by atoms with E-state index in [0.29, 0.717) is 18.7 Å². The van der Waals surface area contributed by atoms with Crippen LogP contribution < -0.4 is 16.0 Å². The minimum Gasteiger partial charge on any atom is -0.387 e. The number of rotatable bonds is 3. The van der Waals surface area contributed by atoms with Crippen molar-refractivity contribution in [1.29, 1.82) is 0 Å². The van der Waals surface area contributed by atoms with Crippen LogP contribution in [0, 0.1) is 6.92 Å². The number of nitrogens with one attached hydrogen (secondary N) is 3. The fraction of sp³-hybridized carbons (Fsp3) is 0.412. The summed E-state index contributed by atoms with van der Waals surface area (Å²) in [4.78, 5) is 16.5. The van der Waals surface area contributed by atoms with Crippen molar-refractivity contribution in [3.8, 4) is 0 Å². The van der Waals surface area contributed by atoms with Gasteiger partial charge in [-0.15, -0.1) is 0 Å². The molecule has 0 saturated carbocycles. The summed E-state index contributed by atoms with van der Waals surface area (Å²) in [7, 11) is 0. The van der Waals surface area contributed by atoms with Gasteiger partial charge in [-0.05, 0) is 50.1 Å². The number of carbonyl (C=O) groups excluding carboxylic acids is 1. The third kappa shape index (κ3) is 3.60. The van der Waals surface area contributed by atoms with Gasteiger partial charge in [0.25, 0.3) is 0 Å². The van der Waals surface area contributed by atoms with Crippen LogP contribution in [0.5, 0.6) is 0 Å². The zero-order valence-corrected chi connectivity index (χ0v) is 13.2. The molecule has 0 aliphatic carbocycles. The lowest BCUT2D eigenvalue weighted by Crippen LogP contribution is -2.53. The van der Waals surface area contributed by atoms with Gasteiger partial charge in [0.2, 0.25) is 0 Å². The Bertz CT molecular complexity index is 711. The van der Waals surface area contributed by atoms with Crippen molar-refractivity contribution >= 4 is 22.6 Å². The van der Waals surface area contributed by atoms with Crippen molar-refractivity contribution in [2.45, 2.75) is 25.4 Å². The van der Waals surface area contributed by atoms with Crippen LogP contribution in [0.15, 0.2) is 30.5 Å². The number of pyridine rings is 1. The Labute approximate surface area is 135 Å². The van der Waals surface area contributed by atoms with Crippen LogP contribution in [0.4, 0.5) is 10.5 Å². The first kappa shape index (κ1) is 15.7. The van der Waals surface area contributed by atoms with E-state index in [2.05, 4.69) is 20.9 Å². The van der Waals surface area contributed by atoms with Crippen LogP contribution >= 0.6 is 0 Å². The Kier molecular flexibility index (Phi) is 4.45. The lowest BCUT2D eigenvalue weighted by atomic mass is 9.94. The molecule has 0 bridgehead atoms. The van der Waals surface area contributed by atoms with E-state index >= 15 is 0 Å². The van der Waals surface area contributed by atoms with Crippen LogP contribution in [0.1, 0.15) is 18.4 Å². The Morgan fingerprint density at radius 1 is 1.43 bits per heavy atom. The van der Waals surface area contributed by atoms with Crippen molar-refractivity contribution in [1.82, 2.24) is 15.6 Å². The molecule has 1 aliphatic rings. The van der Waals surface area contributed by atoms with Crippen LogP contribution in [-0.4, -0.2) is 41.4 Å². The van der Waals surface area contributed by atoms with Gasteiger partial charge < -0.3 is 21.1 Å². The van der Waals surface area contributed by atoms with E-state index in [4.69, 9.17) is 0 Å². The van der Waals surface area contributed by atoms with Gasteiger partial charge in [0, 0.05) is 24.7 Å². The summed E-state index contributed by atoms with van der Waals surface area (Å²) in [6.07, 6.45) is 3.34. The minimum absolute atomic E-state index is 0.230. The first-order chi connectivity index (χ1) is 11.1. The number of fused-ring (bicyclic) bond motifs is 1. The smallest absolute Gasteiger partial charge is 0.319 e. The molecule has 1 fully saturated rings. The number of amides is 2. The number of aryl methyl sites for hydroxylation is 1. The summed E-state index contributed by atoms with van der Waals surface area (Å²) in [6, 6.07) is 7.27. The molecule has 0 spiro atoms. The number of aromatic nitrogens is 1. The SMILES string of the molecule is Cc1ccc(NC(=O)NCC2(O)CCCNC2)c2cccnc12. The maximum atomic E-state index is 12.2. The van der Waals surface area contributed by atoms with Crippen molar-refractivity contribution in [3.63, 3.8) is 0 Å². The van der Waals surface area contributed by atoms with Crippen LogP contribution in [0.3, 0.4) is 0 Å². The highest BCUT2D eigenvalue weighted by atomic mass is 16.3. The minimum atomic E-state index is -0.869. The number of nitrogens with zero attached hydrogens (tertiary/aromatic N) is 1. The molecule has 6 heteroatoms. The molecule has 1 unspecified atom stereocenters. The van der Waals surface area contributed by atoms with Crippen LogP contribution in [-0.2, 0) is 0 Å². The maximum Gasteiger partial charge on any atom is 0.319 e. The average molecular weight is 314 g/mol. The molecule has 3 rings (SSSR count). The van der Waals surface area contributed by atoms with Gasteiger partial charge in [-0.3, -0.25) is 4.98 Å². The van der Waals surface area contributed by atoms with Gasteiger partial charge in [-0.1, -0.05) is 6.07 Å². The Morgan fingerprint density at radius 2 is 2.30 bits per heavy atom. The largest absolute Gasteiger partial charge is 0.387 e. The van der Waals surface area contributed by atoms with Gasteiger partial charge >= 0.3 is 6.03 Å². The van der Waals surface area contributed by atoms with Gasteiger partial charge in [0.1, 0.15) is 0 Å². The third-order valence-electron chi connectivity index (χ3n) is 4.25. The van der Waals surface area contributed by atoms with E-state index < -0.39 is 5.60 Å². The summed E-state index contributed by atoms with van der Waals surface area (Å²) in [6.45, 7) is 3.64. The molecule has 23 heavy (non-hydrogen) atoms. The molecule has 122 valence electrons. The number of benzene rings is 1. The number of urea groups is 1. The fourth-order valence-electron chi connectivity index (χ4n) is 2.94. The van der Waals surface area contributed by atoms with E-state index in [1.54, 1.807) is 6.20 Å². The number of piperidine rings is 1. The molecule has 0 radical (unpaired) electrons. The topological polar surface area (TPSA) is 86.3 Å². The van der Waals surface area contributed by atoms with Gasteiger partial charge in [0.05, 0.1) is 16.8 Å². The second kappa shape index (κ2) is 6.52. The van der Waals surface area contributed by atoms with E-state index in [1.807, 2.05) is 31.2 Å². The van der Waals surface area contributed by atoms with Crippen LogP contribution in [0.25, 0.3) is 10.9 Å². The summed E-state index contributed by atoms with van der Waals surface area (Å²) in [5.41, 5.74) is 1.78. The van der Waals surface area contributed by atoms with Gasteiger partial charge in [-0.2, -0.15) is 0 Å². The van der Waals surface area contributed by atoms with E-state index in [-0.39, 0.29) is 12.6 Å². The van der Waals surface area contributed by atoms with E-state index in [9.17, 15) is 9.90 Å². The Balaban J connectivity index is 1.67. The number of anilines is 1. The quantitative estimate of drug-likeness (QED) is 0.695. The highest BCUT2D eigenvalue weighted by Gasteiger charge is 2.29. The number of aliphatic hydroxyl groups is 1. The molecule has 1 saturated heterocycles. The summed E-state index contributed by atoms with van der Waals surface area (Å²) < 4.78 is 0. The molecular formula is C17H22N4O2. The normalized spacial score (nSPS) is 21.1. The maximum absolute atomic E-state index is 12.2. The van der Waals surface area contributed by atoms with Crippen molar-refractivity contribution in [3.05, 3.63) is 36.0 Å². The highest BCUT2D eigenvalue weighted by molar-refractivity contribution is 6.01. The zero-order chi connectivity index (χ0) is 16.3. The zero-order valence-electron chi connectivity index (χ0n) is 13.2. The lowest BCUT2D eigenvalue weighted by Gasteiger charge is -2.32. The lowest BCUT2D eigenvalue weighted by molar-refractivity contribution is 0.0198. The molecule has 1 aromatic heterocycles. The first-order valence-electron chi connectivity index (χ1n) is 7.90. The van der Waals surface area contributed by atoms with E-state index in [0.717, 1.165) is 29.4 Å². The fourth-order valence-corrected chi connectivity index (χ4v) is 2.94. The molecule has 6 nitrogen and oxygen atoms in total. The monoisotopic (exact) mass is 314 g/mol. The molecular weight excluding hydrogens is 292 g/mol. The van der Waals surface area contributed by atoms with Gasteiger partial charge in [-0.25, -0.2) is 4.79 Å². The molecule has 4 N–H and O–H groups in total. The molecule has 1 aliphatic heterocycles.